The van der Waals surface area contributed by atoms with Crippen LogP contribution in [0.25, 0.3) is 0 Å². The fraction of sp³-hybridized carbons (Fsp3) is 0.611. The van der Waals surface area contributed by atoms with Gasteiger partial charge in [0.1, 0.15) is 11.5 Å². The van der Waals surface area contributed by atoms with E-state index in [0.29, 0.717) is 11.5 Å². The molecule has 1 aliphatic carbocycles. The van der Waals surface area contributed by atoms with Crippen molar-refractivity contribution in [2.45, 2.75) is 143 Å². The van der Waals surface area contributed by atoms with Gasteiger partial charge in [-0.1, -0.05) is 108 Å². The average molecular weight is 609 g/mol. The summed E-state index contributed by atoms with van der Waals surface area (Å²) in [4.78, 5) is 10.1. The second kappa shape index (κ2) is 13.9. The molecule has 2 aromatic rings. The molecule has 4 nitrogen and oxygen atoms in total. The summed E-state index contributed by atoms with van der Waals surface area (Å²) in [6.07, 6.45) is 7.90. The summed E-state index contributed by atoms with van der Waals surface area (Å²) in [7, 11) is 4.56. The highest BCUT2D eigenvalue weighted by atomic mass is 35.6. The van der Waals surface area contributed by atoms with Gasteiger partial charge in [-0.2, -0.15) is 0 Å². The first-order chi connectivity index (χ1) is 19.2. The SMILES string of the molecule is CC(C)(C)c1cc(C=NC2CCCCC2N=Cc2cc(C(C)(C)C)cc(C(C)(C)C)c2O)c(O)c(C(C)(C)C)c1.[Al][Cl]. The highest BCUT2D eigenvalue weighted by molar-refractivity contribution is 6.80. The van der Waals surface area contributed by atoms with Crippen LogP contribution in [0.2, 0.25) is 0 Å². The van der Waals surface area contributed by atoms with E-state index in [-0.39, 0.29) is 33.7 Å². The first kappa shape index (κ1) is 36.4. The predicted molar refractivity (Wildman–Crippen MR) is 184 cm³/mol. The second-order valence-electron chi connectivity index (χ2n) is 15.9. The third-order valence-electron chi connectivity index (χ3n) is 8.13. The highest BCUT2D eigenvalue weighted by Crippen LogP contribution is 2.39. The van der Waals surface area contributed by atoms with Gasteiger partial charge in [0.05, 0.1) is 12.1 Å². The molecule has 3 rings (SSSR count). The summed E-state index contributed by atoms with van der Waals surface area (Å²) in [6, 6.07) is 8.53. The Morgan fingerprint density at radius 1 is 0.595 bits per heavy atom. The van der Waals surface area contributed by atoms with Gasteiger partial charge in [-0.25, -0.2) is 0 Å². The van der Waals surface area contributed by atoms with Gasteiger partial charge in [-0.15, -0.1) is 0 Å². The number of rotatable bonds is 4. The van der Waals surface area contributed by atoms with Gasteiger partial charge < -0.3 is 10.2 Å². The van der Waals surface area contributed by atoms with E-state index >= 15 is 0 Å². The molecule has 2 aromatic carbocycles. The fourth-order valence-electron chi connectivity index (χ4n) is 5.31. The Bertz CT molecular complexity index is 1170. The normalized spacial score (nSPS) is 18.8. The standard InChI is InChI=1S/C36H54N2O2.Al.ClH/c1-33(2,3)25-17-23(31(39)27(19-25)35(7,8)9)21-37-29-15-13-14-16-30(29)38-22-24-18-26(34(4,5)6)20-28(32(24)40)36(10,11)12;;/h17-22,29-30,39-40H,13-16H2,1-12H3;;1H/q;+1;/p-1. The van der Waals surface area contributed by atoms with Crippen molar-refractivity contribution in [2.75, 3.05) is 0 Å². The summed E-state index contributed by atoms with van der Waals surface area (Å²) >= 11 is 1.89. The van der Waals surface area contributed by atoms with Crippen molar-refractivity contribution in [2.24, 2.45) is 9.98 Å². The lowest BCUT2D eigenvalue weighted by Gasteiger charge is -2.28. The molecule has 230 valence electrons. The molecule has 0 amide bonds. The van der Waals surface area contributed by atoms with E-state index in [1.165, 1.54) is 11.1 Å². The Morgan fingerprint density at radius 3 is 1.17 bits per heavy atom. The zero-order chi connectivity index (χ0) is 32.3. The largest absolute Gasteiger partial charge is 0.507 e. The van der Waals surface area contributed by atoms with Crippen LogP contribution in [0.5, 0.6) is 11.5 Å². The van der Waals surface area contributed by atoms with Crippen LogP contribution in [-0.2, 0) is 21.7 Å². The number of phenolic OH excluding ortho intramolecular Hbond substituents is 2. The van der Waals surface area contributed by atoms with Gasteiger partial charge in [0.25, 0.3) is 15.4 Å². The molecule has 0 aromatic heterocycles. The van der Waals surface area contributed by atoms with Crippen LogP contribution in [-0.4, -0.2) is 50.1 Å². The lowest BCUT2D eigenvalue weighted by molar-refractivity contribution is 0.389. The van der Waals surface area contributed by atoms with E-state index in [1.54, 1.807) is 0 Å². The fourth-order valence-corrected chi connectivity index (χ4v) is 5.31. The molecule has 2 unspecified atom stereocenters. The number of nitrogens with zero attached hydrogens (tertiary/aromatic N) is 2. The Hall–Kier alpha value is -1.80. The van der Waals surface area contributed by atoms with Gasteiger partial charge in [-0.3, -0.25) is 20.0 Å². The van der Waals surface area contributed by atoms with Crippen molar-refractivity contribution < 1.29 is 10.2 Å². The zero-order valence-corrected chi connectivity index (χ0v) is 30.1. The Balaban J connectivity index is 0.00000301. The number of benzene rings is 2. The first-order valence-corrected chi connectivity index (χ1v) is 17.0. The predicted octanol–water partition coefficient (Wildman–Crippen LogP) is 9.45. The van der Waals surface area contributed by atoms with E-state index in [9.17, 15) is 10.2 Å². The molecule has 2 atom stereocenters. The molecule has 0 spiro atoms. The monoisotopic (exact) mass is 608 g/mol. The minimum atomic E-state index is -0.179. The van der Waals surface area contributed by atoms with Crippen LogP contribution >= 0.6 is 10.0 Å². The molecule has 0 bridgehead atoms. The van der Waals surface area contributed by atoms with Crippen molar-refractivity contribution in [3.63, 3.8) is 0 Å². The number of phenols is 2. The second-order valence-corrected chi connectivity index (χ2v) is 15.9. The first-order valence-electron chi connectivity index (χ1n) is 15.2. The van der Waals surface area contributed by atoms with E-state index in [4.69, 9.17) is 9.98 Å². The van der Waals surface area contributed by atoms with Crippen molar-refractivity contribution in [3.05, 3.63) is 57.6 Å². The van der Waals surface area contributed by atoms with Crippen molar-refractivity contribution >= 4 is 37.8 Å². The average Bonchev–Trinajstić information content (AvgIpc) is 2.86. The number of aliphatic imine (C=N–C) groups is 2. The van der Waals surface area contributed by atoms with Gasteiger partial charge in [0.2, 0.25) is 0 Å². The summed E-state index contributed by atoms with van der Waals surface area (Å²) in [6.45, 7) is 26.0. The summed E-state index contributed by atoms with van der Waals surface area (Å²) in [5, 5.41) is 22.5. The minimum absolute atomic E-state index is 0.0378. The van der Waals surface area contributed by atoms with Crippen molar-refractivity contribution in [1.82, 2.24) is 0 Å². The number of hydrogen-bond acceptors (Lipinski definition) is 4. The molecule has 0 heterocycles. The quantitative estimate of drug-likeness (QED) is 0.268. The molecular formula is C36H54AlClN2O2. The highest BCUT2D eigenvalue weighted by Gasteiger charge is 2.28. The molecule has 1 fully saturated rings. The lowest BCUT2D eigenvalue weighted by Crippen LogP contribution is -2.27. The van der Waals surface area contributed by atoms with Crippen LogP contribution in [0.15, 0.2) is 34.3 Å². The molecule has 0 saturated heterocycles. The minimum Gasteiger partial charge on any atom is -0.507 e. The summed E-state index contributed by atoms with van der Waals surface area (Å²) in [5.41, 5.74) is 5.39. The maximum absolute atomic E-state index is 11.2. The Kier molecular flexibility index (Phi) is 12.0. The van der Waals surface area contributed by atoms with Crippen molar-refractivity contribution in [3.8, 4) is 11.5 Å². The van der Waals surface area contributed by atoms with Crippen LogP contribution in [0.1, 0.15) is 142 Å². The number of hydrogen-bond donors (Lipinski definition) is 2. The number of halogens is 1. The topological polar surface area (TPSA) is 65.2 Å². The molecule has 0 aliphatic heterocycles. The molecule has 6 heteroatoms. The summed E-state index contributed by atoms with van der Waals surface area (Å²) < 4.78 is 0. The molecule has 42 heavy (non-hydrogen) atoms. The molecule has 1 saturated carbocycles. The molecule has 2 radical (unpaired) electrons. The van der Waals surface area contributed by atoms with Crippen LogP contribution in [0.4, 0.5) is 0 Å². The van der Waals surface area contributed by atoms with Gasteiger partial charge >= 0.3 is 0 Å². The van der Waals surface area contributed by atoms with Crippen LogP contribution in [0, 0.1) is 0 Å². The van der Waals surface area contributed by atoms with E-state index in [0.717, 1.165) is 47.9 Å². The van der Waals surface area contributed by atoms with Gasteiger partial charge in [0, 0.05) is 34.7 Å². The van der Waals surface area contributed by atoms with E-state index in [2.05, 4.69) is 117 Å². The third kappa shape index (κ3) is 9.35. The smallest absolute Gasteiger partial charge is 0.293 e. The van der Waals surface area contributed by atoms with Crippen LogP contribution < -0.4 is 0 Å². The lowest BCUT2D eigenvalue weighted by atomic mass is 9.79. The maximum atomic E-state index is 11.2. The number of aromatic hydroxyl groups is 2. The van der Waals surface area contributed by atoms with Crippen molar-refractivity contribution in [1.29, 1.82) is 0 Å². The van der Waals surface area contributed by atoms with Gasteiger partial charge in [-0.05, 0) is 57.8 Å². The zero-order valence-electron chi connectivity index (χ0n) is 28.2. The third-order valence-corrected chi connectivity index (χ3v) is 8.13. The molecule has 1 aliphatic rings. The summed E-state index contributed by atoms with van der Waals surface area (Å²) in [5.74, 6) is 0.637. The molecular weight excluding hydrogens is 555 g/mol. The molecule has 2 N–H and O–H groups in total. The Labute approximate surface area is 268 Å². The Morgan fingerprint density at radius 2 is 0.905 bits per heavy atom. The maximum Gasteiger partial charge on any atom is 0.293 e. The van der Waals surface area contributed by atoms with Crippen LogP contribution in [0.3, 0.4) is 0 Å². The van der Waals surface area contributed by atoms with E-state index < -0.39 is 0 Å². The van der Waals surface area contributed by atoms with Gasteiger partial charge in [0.15, 0.2) is 0 Å². The van der Waals surface area contributed by atoms with E-state index in [1.807, 2.05) is 27.8 Å².